The molecule has 1 aromatic carbocycles. The molecule has 3 rings (SSSR count). The maximum Gasteiger partial charge on any atom is 0.406 e. The van der Waals surface area contributed by atoms with Crippen molar-refractivity contribution in [2.45, 2.75) is 19.3 Å². The Hall–Kier alpha value is -2.88. The number of para-hydroxylation sites is 1. The first-order chi connectivity index (χ1) is 13.3. The van der Waals surface area contributed by atoms with Gasteiger partial charge in [0.15, 0.2) is 0 Å². The molecule has 1 amide bonds. The van der Waals surface area contributed by atoms with Crippen molar-refractivity contribution in [2.24, 2.45) is 0 Å². The molecule has 0 saturated heterocycles. The number of halogens is 3. The number of imidazole rings is 1. The Morgan fingerprint density at radius 1 is 1.32 bits per heavy atom. The number of carbonyl (C=O) groups excluding carboxylic acids is 1. The number of rotatable bonds is 6. The third-order valence-corrected chi connectivity index (χ3v) is 4.81. The summed E-state index contributed by atoms with van der Waals surface area (Å²) >= 11 is 1.29. The van der Waals surface area contributed by atoms with Crippen molar-refractivity contribution in [1.82, 2.24) is 19.4 Å². The van der Waals surface area contributed by atoms with Gasteiger partial charge in [-0.3, -0.25) is 4.79 Å². The molecule has 0 unspecified atom stereocenters. The van der Waals surface area contributed by atoms with Gasteiger partial charge in [-0.15, -0.1) is 11.3 Å². The molecule has 28 heavy (non-hydrogen) atoms. The molecule has 0 aliphatic rings. The lowest BCUT2D eigenvalue weighted by atomic mass is 10.2. The van der Waals surface area contributed by atoms with E-state index in [1.54, 1.807) is 18.6 Å². The minimum atomic E-state index is -4.36. The smallest absolute Gasteiger partial charge is 0.406 e. The fourth-order valence-corrected chi connectivity index (χ4v) is 3.45. The normalized spacial score (nSPS) is 11.5. The summed E-state index contributed by atoms with van der Waals surface area (Å²) in [7, 11) is 3.05. The lowest BCUT2D eigenvalue weighted by Gasteiger charge is -2.17. The number of ether oxygens (including phenoxy) is 1. The molecule has 0 atom stereocenters. The number of amides is 1. The van der Waals surface area contributed by atoms with Gasteiger partial charge in [0.25, 0.3) is 5.91 Å². The summed E-state index contributed by atoms with van der Waals surface area (Å²) in [5, 5.41) is 2.23. The van der Waals surface area contributed by atoms with Gasteiger partial charge >= 0.3 is 6.18 Å². The van der Waals surface area contributed by atoms with E-state index in [-0.39, 0.29) is 18.1 Å². The van der Waals surface area contributed by atoms with E-state index in [1.165, 1.54) is 35.7 Å². The highest BCUT2D eigenvalue weighted by Crippen LogP contribution is 2.32. The highest BCUT2D eigenvalue weighted by atomic mass is 32.1. The Morgan fingerprint density at radius 2 is 2.07 bits per heavy atom. The van der Waals surface area contributed by atoms with Gasteiger partial charge in [-0.2, -0.15) is 13.2 Å². The summed E-state index contributed by atoms with van der Waals surface area (Å²) in [6.07, 6.45) is -1.84. The van der Waals surface area contributed by atoms with Crippen molar-refractivity contribution in [2.75, 3.05) is 14.2 Å². The van der Waals surface area contributed by atoms with Gasteiger partial charge in [-0.05, 0) is 12.1 Å². The fourth-order valence-electron chi connectivity index (χ4n) is 2.63. The van der Waals surface area contributed by atoms with Crippen LogP contribution in [0.15, 0.2) is 42.0 Å². The number of hydrogen-bond acceptors (Lipinski definition) is 5. The van der Waals surface area contributed by atoms with Gasteiger partial charge < -0.3 is 14.2 Å². The minimum absolute atomic E-state index is 0.0660. The van der Waals surface area contributed by atoms with E-state index < -0.39 is 18.6 Å². The zero-order valence-corrected chi connectivity index (χ0v) is 15.9. The average Bonchev–Trinajstić information content (AvgIpc) is 3.29. The number of benzene rings is 1. The maximum absolute atomic E-state index is 12.6. The molecule has 0 spiro atoms. The molecule has 2 heterocycles. The molecule has 3 aromatic rings. The Morgan fingerprint density at radius 3 is 2.79 bits per heavy atom. The van der Waals surface area contributed by atoms with Crippen LogP contribution in [-0.4, -0.2) is 45.7 Å². The van der Waals surface area contributed by atoms with Crippen molar-refractivity contribution in [3.05, 3.63) is 53.6 Å². The first kappa shape index (κ1) is 19.9. The summed E-state index contributed by atoms with van der Waals surface area (Å²) in [6, 6.07) is 7.31. The SMILES string of the molecule is COc1ccccc1-c1nc(C(=O)N(C)Cc2nccn2CC(F)(F)F)cs1. The van der Waals surface area contributed by atoms with Crippen LogP contribution in [0.25, 0.3) is 10.6 Å². The molecule has 2 aromatic heterocycles. The van der Waals surface area contributed by atoms with Crippen LogP contribution in [0.1, 0.15) is 16.3 Å². The topological polar surface area (TPSA) is 60.2 Å². The molecule has 0 N–H and O–H groups in total. The van der Waals surface area contributed by atoms with E-state index in [4.69, 9.17) is 4.74 Å². The van der Waals surface area contributed by atoms with Crippen molar-refractivity contribution in [3.63, 3.8) is 0 Å². The molecule has 6 nitrogen and oxygen atoms in total. The Bertz CT molecular complexity index is 968. The summed E-state index contributed by atoms with van der Waals surface area (Å²) in [5.41, 5.74) is 0.972. The molecular formula is C18H17F3N4O2S. The largest absolute Gasteiger partial charge is 0.496 e. The van der Waals surface area contributed by atoms with Gasteiger partial charge in [0.1, 0.15) is 28.8 Å². The lowest BCUT2D eigenvalue weighted by Crippen LogP contribution is -2.29. The van der Waals surface area contributed by atoms with Crippen LogP contribution < -0.4 is 4.74 Å². The number of thiazole rings is 1. The lowest BCUT2D eigenvalue weighted by molar-refractivity contribution is -0.141. The van der Waals surface area contributed by atoms with E-state index in [0.717, 1.165) is 10.1 Å². The van der Waals surface area contributed by atoms with Crippen molar-refractivity contribution in [3.8, 4) is 16.3 Å². The van der Waals surface area contributed by atoms with Crippen molar-refractivity contribution < 1.29 is 22.7 Å². The second-order valence-electron chi connectivity index (χ2n) is 5.99. The monoisotopic (exact) mass is 410 g/mol. The van der Waals surface area contributed by atoms with Crippen LogP contribution >= 0.6 is 11.3 Å². The van der Waals surface area contributed by atoms with E-state index in [2.05, 4.69) is 9.97 Å². The second-order valence-corrected chi connectivity index (χ2v) is 6.84. The quantitative estimate of drug-likeness (QED) is 0.619. The van der Waals surface area contributed by atoms with Crippen molar-refractivity contribution in [1.29, 1.82) is 0 Å². The van der Waals surface area contributed by atoms with Gasteiger partial charge in [0.05, 0.1) is 19.2 Å². The van der Waals surface area contributed by atoms with E-state index in [9.17, 15) is 18.0 Å². The first-order valence-corrected chi connectivity index (χ1v) is 9.07. The van der Waals surface area contributed by atoms with Gasteiger partial charge in [-0.25, -0.2) is 9.97 Å². The Balaban J connectivity index is 1.75. The summed E-state index contributed by atoms with van der Waals surface area (Å²) < 4.78 is 44.2. The molecule has 148 valence electrons. The predicted octanol–water partition coefficient (Wildman–Crippen LogP) is 3.85. The number of nitrogens with zero attached hydrogens (tertiary/aromatic N) is 4. The maximum atomic E-state index is 12.6. The Kier molecular flexibility index (Phi) is 5.68. The zero-order valence-electron chi connectivity index (χ0n) is 15.1. The number of carbonyl (C=O) groups is 1. The predicted molar refractivity (Wildman–Crippen MR) is 98.2 cm³/mol. The molecule has 0 aliphatic heterocycles. The summed E-state index contributed by atoms with van der Waals surface area (Å²) in [5.74, 6) is 0.380. The molecule has 10 heteroatoms. The molecule has 0 aliphatic carbocycles. The summed E-state index contributed by atoms with van der Waals surface area (Å²) in [6.45, 7) is -1.22. The van der Waals surface area contributed by atoms with E-state index in [0.29, 0.717) is 10.8 Å². The first-order valence-electron chi connectivity index (χ1n) is 8.19. The average molecular weight is 410 g/mol. The van der Waals surface area contributed by atoms with Crippen LogP contribution in [-0.2, 0) is 13.1 Å². The van der Waals surface area contributed by atoms with E-state index >= 15 is 0 Å². The highest BCUT2D eigenvalue weighted by Gasteiger charge is 2.29. The molecule has 0 saturated carbocycles. The van der Waals surface area contributed by atoms with Crippen LogP contribution in [0.4, 0.5) is 13.2 Å². The summed E-state index contributed by atoms with van der Waals surface area (Å²) in [4.78, 5) is 22.2. The standard InChI is InChI=1S/C18H17F3N4O2S/c1-24(9-15-22-7-8-25(15)11-18(19,20)21)17(26)13-10-28-16(23-13)12-5-3-4-6-14(12)27-2/h3-8,10H,9,11H2,1-2H3. The van der Waals surface area contributed by atoms with Crippen molar-refractivity contribution >= 4 is 17.2 Å². The van der Waals surface area contributed by atoms with Gasteiger partial charge in [0, 0.05) is 24.8 Å². The van der Waals surface area contributed by atoms with Crippen LogP contribution in [0.5, 0.6) is 5.75 Å². The third kappa shape index (κ3) is 4.50. The number of alkyl halides is 3. The van der Waals surface area contributed by atoms with Crippen LogP contribution in [0.3, 0.4) is 0 Å². The fraction of sp³-hybridized carbons (Fsp3) is 0.278. The van der Waals surface area contributed by atoms with Crippen LogP contribution in [0, 0.1) is 0 Å². The molecular weight excluding hydrogens is 393 g/mol. The number of aromatic nitrogens is 3. The number of hydrogen-bond donors (Lipinski definition) is 0. The Labute approximate surface area is 163 Å². The molecule has 0 radical (unpaired) electrons. The van der Waals surface area contributed by atoms with Gasteiger partial charge in [0.2, 0.25) is 0 Å². The highest BCUT2D eigenvalue weighted by molar-refractivity contribution is 7.13. The molecule has 0 bridgehead atoms. The van der Waals surface area contributed by atoms with Gasteiger partial charge in [-0.1, -0.05) is 12.1 Å². The zero-order chi connectivity index (χ0) is 20.3. The second kappa shape index (κ2) is 8.01. The van der Waals surface area contributed by atoms with Crippen LogP contribution in [0.2, 0.25) is 0 Å². The number of methoxy groups -OCH3 is 1. The molecule has 0 fully saturated rings. The third-order valence-electron chi connectivity index (χ3n) is 3.94. The minimum Gasteiger partial charge on any atom is -0.496 e. The van der Waals surface area contributed by atoms with E-state index in [1.807, 2.05) is 18.2 Å².